The van der Waals surface area contributed by atoms with Crippen LogP contribution in [0.4, 0.5) is 0 Å². The van der Waals surface area contributed by atoms with Gasteiger partial charge in [0.05, 0.1) is 12.5 Å². The number of carboxylic acid groups (broad SMARTS) is 1. The lowest BCUT2D eigenvalue weighted by Crippen LogP contribution is -2.58. The molecule has 0 aliphatic carbocycles. The number of carboxylic acids is 1. The van der Waals surface area contributed by atoms with Crippen molar-refractivity contribution >= 4 is 48.1 Å². The summed E-state index contributed by atoms with van der Waals surface area (Å²) in [4.78, 5) is 71.2. The summed E-state index contributed by atoms with van der Waals surface area (Å²) in [6.07, 6.45) is 0.344. The zero-order valence-corrected chi connectivity index (χ0v) is 19.0. The number of aliphatic carboxylic acids is 1. The third-order valence-electron chi connectivity index (χ3n) is 4.45. The number of hydrogen-bond acceptors (Lipinski definition) is 9. The van der Waals surface area contributed by atoms with Crippen LogP contribution in [0.1, 0.15) is 38.5 Å². The van der Waals surface area contributed by atoms with Crippen LogP contribution in [-0.2, 0) is 28.8 Å². The van der Waals surface area contributed by atoms with Crippen LogP contribution in [0.25, 0.3) is 0 Å². The van der Waals surface area contributed by atoms with Gasteiger partial charge in [-0.1, -0.05) is 6.42 Å². The number of nitrogens with one attached hydrogen (secondary N) is 3. The lowest BCUT2D eigenvalue weighted by atomic mass is 10.1. The third-order valence-corrected chi connectivity index (χ3v) is 4.82. The third kappa shape index (κ3) is 12.6. The number of hydrogen-bond donors (Lipinski definition) is 9. The molecule has 0 aromatic heterocycles. The summed E-state index contributed by atoms with van der Waals surface area (Å²) < 4.78 is 0. The van der Waals surface area contributed by atoms with Crippen molar-refractivity contribution in [1.29, 1.82) is 0 Å². The van der Waals surface area contributed by atoms with E-state index >= 15 is 0 Å². The van der Waals surface area contributed by atoms with E-state index in [1.807, 2.05) is 0 Å². The summed E-state index contributed by atoms with van der Waals surface area (Å²) in [5.74, 6) is -5.87. The van der Waals surface area contributed by atoms with E-state index in [9.17, 15) is 28.8 Å². The van der Waals surface area contributed by atoms with Crippen molar-refractivity contribution in [2.24, 2.45) is 22.9 Å². The molecule has 4 unspecified atom stereocenters. The molecule has 33 heavy (non-hydrogen) atoms. The molecule has 0 rings (SSSR count). The first-order chi connectivity index (χ1) is 15.4. The van der Waals surface area contributed by atoms with Crippen LogP contribution in [0.5, 0.6) is 0 Å². The van der Waals surface area contributed by atoms with Crippen LogP contribution in [0.3, 0.4) is 0 Å². The minimum Gasteiger partial charge on any atom is -0.480 e. The summed E-state index contributed by atoms with van der Waals surface area (Å²) in [5, 5.41) is 15.9. The fraction of sp³-hybridized carbons (Fsp3) is 0.667. The lowest BCUT2D eigenvalue weighted by Gasteiger charge is -2.24. The molecule has 188 valence electrons. The normalized spacial score (nSPS) is 14.3. The molecular weight excluding hydrogens is 458 g/mol. The molecule has 12 N–H and O–H groups in total. The van der Waals surface area contributed by atoms with Crippen LogP contribution in [-0.4, -0.2) is 77.1 Å². The molecule has 5 amide bonds. The van der Waals surface area contributed by atoms with Crippen molar-refractivity contribution in [1.82, 2.24) is 16.0 Å². The van der Waals surface area contributed by atoms with Crippen molar-refractivity contribution in [2.75, 3.05) is 12.3 Å². The maximum absolute atomic E-state index is 12.7. The summed E-state index contributed by atoms with van der Waals surface area (Å²) in [5.41, 5.74) is 21.4. The number of carbonyl (C=O) groups excluding carboxylic acids is 5. The van der Waals surface area contributed by atoms with Gasteiger partial charge in [0.2, 0.25) is 29.5 Å². The average Bonchev–Trinajstić information content (AvgIpc) is 2.73. The monoisotopic (exact) mass is 491 g/mol. The number of primary amides is 2. The Kier molecular flexibility index (Phi) is 14.4. The Morgan fingerprint density at radius 3 is 1.82 bits per heavy atom. The number of thiol groups is 1. The standard InChI is InChI=1S/C18H33N7O7S/c19-6-2-1-3-9(20)15(28)24-11(7-14(22)27)17(30)23-10(4-5-13(21)26)16(29)25-12(8-33)18(31)32/h9-12,33H,1-8,19-20H2,(H2,21,26)(H2,22,27)(H,23,30)(H,24,28)(H,25,29)(H,31,32). The molecule has 0 saturated heterocycles. The van der Waals surface area contributed by atoms with Crippen LogP contribution in [0, 0.1) is 0 Å². The van der Waals surface area contributed by atoms with E-state index in [2.05, 4.69) is 28.6 Å². The Morgan fingerprint density at radius 1 is 0.788 bits per heavy atom. The van der Waals surface area contributed by atoms with E-state index in [-0.39, 0.29) is 25.0 Å². The predicted octanol–water partition coefficient (Wildman–Crippen LogP) is -3.95. The molecule has 0 aliphatic heterocycles. The van der Waals surface area contributed by atoms with E-state index in [0.717, 1.165) is 0 Å². The van der Waals surface area contributed by atoms with Crippen molar-refractivity contribution in [3.8, 4) is 0 Å². The molecular formula is C18H33N7O7S. The molecule has 15 heteroatoms. The number of unbranched alkanes of at least 4 members (excludes halogenated alkanes) is 1. The molecule has 14 nitrogen and oxygen atoms in total. The molecule has 4 atom stereocenters. The molecule has 0 spiro atoms. The Morgan fingerprint density at radius 2 is 1.33 bits per heavy atom. The van der Waals surface area contributed by atoms with Crippen molar-refractivity contribution in [2.45, 2.75) is 62.7 Å². The van der Waals surface area contributed by atoms with Gasteiger partial charge in [0.25, 0.3) is 0 Å². The van der Waals surface area contributed by atoms with E-state index < -0.39 is 66.1 Å². The van der Waals surface area contributed by atoms with Gasteiger partial charge in [0.15, 0.2) is 0 Å². The Labute approximate surface area is 196 Å². The topological polar surface area (TPSA) is 263 Å². The molecule has 0 radical (unpaired) electrons. The largest absolute Gasteiger partial charge is 0.480 e. The minimum atomic E-state index is -1.46. The molecule has 0 fully saturated rings. The first-order valence-corrected chi connectivity index (χ1v) is 10.8. The highest BCUT2D eigenvalue weighted by Gasteiger charge is 2.31. The lowest BCUT2D eigenvalue weighted by molar-refractivity contribution is -0.142. The van der Waals surface area contributed by atoms with Gasteiger partial charge in [0.1, 0.15) is 18.1 Å². The number of carbonyl (C=O) groups is 6. The van der Waals surface area contributed by atoms with Gasteiger partial charge in [-0.3, -0.25) is 24.0 Å². The molecule has 0 saturated carbocycles. The highest BCUT2D eigenvalue weighted by molar-refractivity contribution is 7.80. The van der Waals surface area contributed by atoms with E-state index in [1.165, 1.54) is 0 Å². The van der Waals surface area contributed by atoms with Gasteiger partial charge in [-0.05, 0) is 25.8 Å². The molecule has 0 bridgehead atoms. The van der Waals surface area contributed by atoms with Gasteiger partial charge in [-0.25, -0.2) is 4.79 Å². The van der Waals surface area contributed by atoms with Gasteiger partial charge in [-0.15, -0.1) is 0 Å². The molecule has 0 aromatic rings. The van der Waals surface area contributed by atoms with E-state index in [0.29, 0.717) is 19.4 Å². The summed E-state index contributed by atoms with van der Waals surface area (Å²) in [7, 11) is 0. The summed E-state index contributed by atoms with van der Waals surface area (Å²) in [6, 6.07) is -5.18. The number of amides is 5. The zero-order valence-electron chi connectivity index (χ0n) is 18.1. The average molecular weight is 492 g/mol. The van der Waals surface area contributed by atoms with Gasteiger partial charge in [-0.2, -0.15) is 12.6 Å². The van der Waals surface area contributed by atoms with Gasteiger partial charge < -0.3 is 44.0 Å². The van der Waals surface area contributed by atoms with Crippen LogP contribution >= 0.6 is 12.6 Å². The second-order valence-electron chi connectivity index (χ2n) is 7.27. The van der Waals surface area contributed by atoms with E-state index in [1.54, 1.807) is 0 Å². The first-order valence-electron chi connectivity index (χ1n) is 10.2. The highest BCUT2D eigenvalue weighted by atomic mass is 32.1. The molecule has 0 aliphatic rings. The quantitative estimate of drug-likeness (QED) is 0.0708. The fourth-order valence-electron chi connectivity index (χ4n) is 2.61. The summed E-state index contributed by atoms with van der Waals surface area (Å²) in [6.45, 7) is 0.422. The Hall–Kier alpha value is -2.91. The number of rotatable bonds is 17. The fourth-order valence-corrected chi connectivity index (χ4v) is 2.86. The summed E-state index contributed by atoms with van der Waals surface area (Å²) >= 11 is 3.84. The Balaban J connectivity index is 5.41. The second kappa shape index (κ2) is 15.8. The highest BCUT2D eigenvalue weighted by Crippen LogP contribution is 2.04. The van der Waals surface area contributed by atoms with Gasteiger partial charge in [0, 0.05) is 12.2 Å². The molecule has 0 aromatic carbocycles. The SMILES string of the molecule is NCCCCC(N)C(=O)NC(CC(N)=O)C(=O)NC(CCC(N)=O)C(=O)NC(CS)C(=O)O. The van der Waals surface area contributed by atoms with Crippen molar-refractivity contribution in [3.63, 3.8) is 0 Å². The van der Waals surface area contributed by atoms with Crippen LogP contribution < -0.4 is 38.9 Å². The maximum Gasteiger partial charge on any atom is 0.327 e. The second-order valence-corrected chi connectivity index (χ2v) is 7.64. The zero-order chi connectivity index (χ0) is 25.6. The maximum atomic E-state index is 12.7. The van der Waals surface area contributed by atoms with Crippen LogP contribution in [0.15, 0.2) is 0 Å². The predicted molar refractivity (Wildman–Crippen MR) is 120 cm³/mol. The molecule has 0 heterocycles. The Bertz CT molecular complexity index is 722. The smallest absolute Gasteiger partial charge is 0.327 e. The van der Waals surface area contributed by atoms with Crippen molar-refractivity contribution < 1.29 is 33.9 Å². The van der Waals surface area contributed by atoms with E-state index in [4.69, 9.17) is 28.0 Å². The number of nitrogens with two attached hydrogens (primary N) is 4. The van der Waals surface area contributed by atoms with Crippen molar-refractivity contribution in [3.05, 3.63) is 0 Å². The van der Waals surface area contributed by atoms with Crippen LogP contribution in [0.2, 0.25) is 0 Å². The minimum absolute atomic E-state index is 0.236. The first kappa shape index (κ1) is 30.1. The van der Waals surface area contributed by atoms with Gasteiger partial charge >= 0.3 is 5.97 Å².